The third-order valence-corrected chi connectivity index (χ3v) is 16.1. The van der Waals surface area contributed by atoms with Crippen LogP contribution in [0.3, 0.4) is 0 Å². The maximum absolute atomic E-state index is 14.4. The van der Waals surface area contributed by atoms with Crippen molar-refractivity contribution in [3.63, 3.8) is 0 Å². The van der Waals surface area contributed by atoms with E-state index in [0.29, 0.717) is 61.6 Å². The molecule has 10 atom stereocenters. The van der Waals surface area contributed by atoms with Gasteiger partial charge < -0.3 is 4.42 Å². The summed E-state index contributed by atoms with van der Waals surface area (Å²) in [6.07, 6.45) is 4.24. The molecule has 4 aliphatic rings. The molecule has 8 rings (SSSR count). The number of benzene rings is 2. The Morgan fingerprint density at radius 1 is 1.02 bits per heavy atom. The summed E-state index contributed by atoms with van der Waals surface area (Å²) in [5.41, 5.74) is -2.04. The van der Waals surface area contributed by atoms with Crippen LogP contribution >= 0.6 is 0 Å². The van der Waals surface area contributed by atoms with E-state index in [4.69, 9.17) is 13.9 Å². The van der Waals surface area contributed by atoms with E-state index in [0.717, 1.165) is 16.2 Å². The number of methoxy groups -OCH3 is 1. The minimum atomic E-state index is -1.32. The summed E-state index contributed by atoms with van der Waals surface area (Å²) in [7, 11) is 1.59. The van der Waals surface area contributed by atoms with Gasteiger partial charge in [0.2, 0.25) is 0 Å². The molecule has 2 N–H and O–H groups in total. The van der Waals surface area contributed by atoms with E-state index in [1.807, 2.05) is 36.4 Å². The number of hydrogen-bond donors (Lipinski definition) is 2. The molecule has 2 aromatic heterocycles. The van der Waals surface area contributed by atoms with Gasteiger partial charge in [0, 0.05) is 12.0 Å². The van der Waals surface area contributed by atoms with Crippen molar-refractivity contribution in [3.05, 3.63) is 98.8 Å². The SMILES string of the molecule is COc1ccc2c(=O)n([C@@H](Cc3ccccc3)C(=O)O[C@H]3CC[C@@]4(C)[C@H](CC[C@@H]5[C@@H]4[C@H](O)C(=O)[C@]4(C)[C@@H](c6ccc(=O)oc6)CC[C@]54O)C3)[se]c2c1. The van der Waals surface area contributed by atoms with E-state index in [-0.39, 0.29) is 35.2 Å². The molecule has 2 heterocycles. The van der Waals surface area contributed by atoms with Crippen LogP contribution in [-0.2, 0) is 20.7 Å². The molecular weight excluding hydrogens is 729 g/mol. The summed E-state index contributed by atoms with van der Waals surface area (Å²) in [4.78, 5) is 53.9. The van der Waals surface area contributed by atoms with E-state index in [2.05, 4.69) is 6.92 Å². The Kier molecular flexibility index (Phi) is 8.80. The van der Waals surface area contributed by atoms with Crippen molar-refractivity contribution >= 4 is 36.1 Å². The number of aromatic nitrogens is 1. The number of Topliss-reactive ketones (excluding diaryl/α,β-unsaturated/α-hetero) is 1. The van der Waals surface area contributed by atoms with Crippen LogP contribution in [0.15, 0.2) is 80.9 Å². The molecule has 4 saturated carbocycles. The molecule has 0 unspecified atom stereocenters. The number of nitrogens with zero attached hydrogens (tertiary/aromatic N) is 1. The van der Waals surface area contributed by atoms with Gasteiger partial charge in [-0.15, -0.1) is 0 Å². The molecule has 4 aliphatic carbocycles. The number of ketones is 1. The Labute approximate surface area is 307 Å². The Morgan fingerprint density at radius 2 is 1.81 bits per heavy atom. The van der Waals surface area contributed by atoms with Crippen LogP contribution in [0.5, 0.6) is 5.75 Å². The fourth-order valence-corrected chi connectivity index (χ4v) is 13.2. The zero-order chi connectivity index (χ0) is 36.6. The second-order valence-corrected chi connectivity index (χ2v) is 18.1. The fraction of sp³-hybridized carbons (Fsp3) is 0.512. The molecule has 0 bridgehead atoms. The summed E-state index contributed by atoms with van der Waals surface area (Å²) in [5, 5.41) is 25.1. The molecule has 0 radical (unpaired) electrons. The van der Waals surface area contributed by atoms with E-state index in [9.17, 15) is 29.4 Å². The number of ether oxygens (including phenoxy) is 2. The number of carbonyl (C=O) groups excluding carboxylic acids is 2. The Balaban J connectivity index is 1.04. The van der Waals surface area contributed by atoms with Crippen LogP contribution in [0, 0.1) is 28.6 Å². The first kappa shape index (κ1) is 35.3. The third kappa shape index (κ3) is 5.33. The van der Waals surface area contributed by atoms with Crippen molar-refractivity contribution in [2.75, 3.05) is 7.11 Å². The summed E-state index contributed by atoms with van der Waals surface area (Å²) in [6.45, 7) is 3.93. The van der Waals surface area contributed by atoms with E-state index >= 15 is 0 Å². The monoisotopic (exact) mass is 775 g/mol. The quantitative estimate of drug-likeness (QED) is 0.200. The van der Waals surface area contributed by atoms with E-state index < -0.39 is 60.8 Å². The Morgan fingerprint density at radius 3 is 2.54 bits per heavy atom. The van der Waals surface area contributed by atoms with Crippen molar-refractivity contribution < 1.29 is 33.7 Å². The van der Waals surface area contributed by atoms with Gasteiger partial charge in [-0.05, 0) is 25.0 Å². The molecule has 52 heavy (non-hydrogen) atoms. The number of carbonyl (C=O) groups is 2. The number of rotatable bonds is 7. The predicted molar refractivity (Wildman–Crippen MR) is 193 cm³/mol. The normalized spacial score (nSPS) is 34.6. The van der Waals surface area contributed by atoms with Gasteiger partial charge in [-0.2, -0.15) is 0 Å². The second-order valence-electron chi connectivity index (χ2n) is 16.0. The molecule has 4 aromatic rings. The van der Waals surface area contributed by atoms with Crippen molar-refractivity contribution in [3.8, 4) is 5.75 Å². The number of fused-ring (bicyclic) bond motifs is 6. The second kappa shape index (κ2) is 13.0. The van der Waals surface area contributed by atoms with Crippen LogP contribution in [0.1, 0.15) is 81.9 Å². The topological polar surface area (TPSA) is 145 Å². The van der Waals surface area contributed by atoms with Gasteiger partial charge in [0.15, 0.2) is 0 Å². The van der Waals surface area contributed by atoms with Crippen molar-refractivity contribution in [1.82, 2.24) is 3.56 Å². The molecule has 274 valence electrons. The number of aliphatic hydroxyl groups excluding tert-OH is 1. The first-order chi connectivity index (χ1) is 24.9. The fourth-order valence-electron chi connectivity index (χ4n) is 10.9. The molecule has 10 nitrogen and oxygen atoms in total. The van der Waals surface area contributed by atoms with Gasteiger partial charge in [0.25, 0.3) is 0 Å². The van der Waals surface area contributed by atoms with Gasteiger partial charge in [-0.1, -0.05) is 0 Å². The first-order valence-electron chi connectivity index (χ1n) is 18.4. The van der Waals surface area contributed by atoms with Crippen molar-refractivity contribution in [1.29, 1.82) is 0 Å². The molecule has 4 fully saturated rings. The zero-order valence-corrected chi connectivity index (χ0v) is 31.4. The van der Waals surface area contributed by atoms with Crippen LogP contribution in [0.4, 0.5) is 0 Å². The Hall–Kier alpha value is -3.76. The average Bonchev–Trinajstić information content (AvgIpc) is 3.62. The molecular formula is C41H45NO9Se. The van der Waals surface area contributed by atoms with Gasteiger partial charge in [0.05, 0.1) is 6.26 Å². The number of esters is 1. The van der Waals surface area contributed by atoms with Gasteiger partial charge >= 0.3 is 256 Å². The molecule has 11 heteroatoms. The minimum absolute atomic E-state index is 0.0678. The van der Waals surface area contributed by atoms with Crippen molar-refractivity contribution in [2.45, 2.75) is 95.0 Å². The molecule has 0 spiro atoms. The van der Waals surface area contributed by atoms with E-state index in [1.54, 1.807) is 35.8 Å². The first-order valence-corrected chi connectivity index (χ1v) is 20.0. The maximum atomic E-state index is 14.4. The van der Waals surface area contributed by atoms with Gasteiger partial charge in [0.1, 0.15) is 0 Å². The molecule has 0 amide bonds. The van der Waals surface area contributed by atoms with E-state index in [1.165, 1.54) is 12.3 Å². The summed E-state index contributed by atoms with van der Waals surface area (Å²) >= 11 is -0.436. The molecule has 0 aliphatic heterocycles. The van der Waals surface area contributed by atoms with Crippen LogP contribution in [0.25, 0.3) is 9.65 Å². The average molecular weight is 775 g/mol. The summed E-state index contributed by atoms with van der Waals surface area (Å²) < 4.78 is 19.4. The molecule has 0 saturated heterocycles. The van der Waals surface area contributed by atoms with Crippen LogP contribution < -0.4 is 15.9 Å². The Bertz CT molecular complexity index is 2120. The number of aliphatic hydroxyl groups is 2. The van der Waals surface area contributed by atoms with Crippen LogP contribution in [-0.4, -0.2) is 65.2 Å². The summed E-state index contributed by atoms with van der Waals surface area (Å²) in [5.74, 6) is -1.14. The number of hydrogen-bond acceptors (Lipinski definition) is 9. The standard InChI is InChI=1S/C41H45NO9Se/c1-39-17-15-27(51-38(47)31(19-23-7-5-4-6-8-23)42-37(46)28-12-11-26(49-3)21-32(28)52-42)20-25(39)10-13-30-34(39)35(44)36(45)40(2)29(16-18-41(30,40)48)24-9-14-33(43)50-22-24/h4-9,11-12,14,21-22,25,27,29-31,34-35,44,48H,10,13,15-20H2,1-3H3/t25-,27+,29-,30-,31+,34-,35+,39+,40+,41+/m1/s1. The molecule has 2 aromatic carbocycles. The van der Waals surface area contributed by atoms with Gasteiger partial charge in [-0.25, -0.2) is 4.79 Å². The third-order valence-electron chi connectivity index (χ3n) is 13.7. The van der Waals surface area contributed by atoms with Crippen LogP contribution in [0.2, 0.25) is 0 Å². The van der Waals surface area contributed by atoms with Crippen molar-refractivity contribution in [2.24, 2.45) is 28.6 Å². The van der Waals surface area contributed by atoms with Gasteiger partial charge in [-0.3, -0.25) is 0 Å². The zero-order valence-electron chi connectivity index (χ0n) is 29.7. The predicted octanol–water partition coefficient (Wildman–Crippen LogP) is 4.81. The summed E-state index contributed by atoms with van der Waals surface area (Å²) in [6, 6.07) is 17.3.